The Morgan fingerprint density at radius 2 is 2.06 bits per heavy atom. The van der Waals surface area contributed by atoms with Crippen LogP contribution in [0.5, 0.6) is 0 Å². The van der Waals surface area contributed by atoms with Crippen LogP contribution in [-0.2, 0) is 4.74 Å². The van der Waals surface area contributed by atoms with Gasteiger partial charge < -0.3 is 14.7 Å². The number of rotatable bonds is 1. The van der Waals surface area contributed by atoms with Gasteiger partial charge in [0.2, 0.25) is 0 Å². The minimum absolute atomic E-state index is 0.137. The largest absolute Gasteiger partial charge is 0.444 e. The predicted molar refractivity (Wildman–Crippen MR) is 62.3 cm³/mol. The van der Waals surface area contributed by atoms with E-state index in [0.717, 1.165) is 19.3 Å². The van der Waals surface area contributed by atoms with E-state index < -0.39 is 11.2 Å². The Morgan fingerprint density at radius 3 is 2.44 bits per heavy atom. The number of amides is 1. The van der Waals surface area contributed by atoms with Crippen LogP contribution in [0.4, 0.5) is 4.79 Å². The highest BCUT2D eigenvalue weighted by atomic mass is 16.6. The maximum Gasteiger partial charge on any atom is 0.410 e. The SMILES string of the molecule is CN(C(=O)OC(C)(C)C)C1CCCC1(C)O. The summed E-state index contributed by atoms with van der Waals surface area (Å²) < 4.78 is 5.28. The molecule has 0 aromatic heterocycles. The lowest BCUT2D eigenvalue weighted by Gasteiger charge is -2.34. The second-order valence-corrected chi connectivity index (χ2v) is 5.86. The van der Waals surface area contributed by atoms with Crippen molar-refractivity contribution in [2.75, 3.05) is 7.05 Å². The average molecular weight is 229 g/mol. The second-order valence-electron chi connectivity index (χ2n) is 5.86. The molecule has 0 aromatic carbocycles. The molecule has 1 rings (SSSR count). The fourth-order valence-electron chi connectivity index (χ4n) is 2.20. The zero-order valence-electron chi connectivity index (χ0n) is 10.9. The van der Waals surface area contributed by atoms with Crippen LogP contribution in [0.2, 0.25) is 0 Å². The van der Waals surface area contributed by atoms with Gasteiger partial charge in [-0.25, -0.2) is 4.79 Å². The zero-order valence-corrected chi connectivity index (χ0v) is 10.9. The van der Waals surface area contributed by atoms with Crippen molar-refractivity contribution in [1.29, 1.82) is 0 Å². The molecule has 0 spiro atoms. The third kappa shape index (κ3) is 3.11. The van der Waals surface area contributed by atoms with Crippen molar-refractivity contribution in [2.24, 2.45) is 0 Å². The number of hydrogen-bond donors (Lipinski definition) is 1. The fourth-order valence-corrected chi connectivity index (χ4v) is 2.20. The van der Waals surface area contributed by atoms with Crippen LogP contribution in [0, 0.1) is 0 Å². The normalized spacial score (nSPS) is 30.2. The number of carbonyl (C=O) groups excluding carboxylic acids is 1. The van der Waals surface area contributed by atoms with Crippen molar-refractivity contribution in [2.45, 2.75) is 64.2 Å². The minimum Gasteiger partial charge on any atom is -0.444 e. The highest BCUT2D eigenvalue weighted by molar-refractivity contribution is 5.68. The van der Waals surface area contributed by atoms with Crippen LogP contribution >= 0.6 is 0 Å². The van der Waals surface area contributed by atoms with Gasteiger partial charge in [-0.1, -0.05) is 0 Å². The summed E-state index contributed by atoms with van der Waals surface area (Å²) >= 11 is 0. The van der Waals surface area contributed by atoms with Gasteiger partial charge >= 0.3 is 6.09 Å². The molecule has 1 N–H and O–H groups in total. The first kappa shape index (κ1) is 13.3. The quantitative estimate of drug-likeness (QED) is 0.749. The molecule has 0 aromatic rings. The summed E-state index contributed by atoms with van der Waals surface area (Å²) in [7, 11) is 1.69. The predicted octanol–water partition coefficient (Wildman–Crippen LogP) is 2.16. The number of hydrogen-bond acceptors (Lipinski definition) is 3. The lowest BCUT2D eigenvalue weighted by Crippen LogP contribution is -2.49. The van der Waals surface area contributed by atoms with Gasteiger partial charge in [0, 0.05) is 7.05 Å². The fraction of sp³-hybridized carbons (Fsp3) is 0.917. The molecule has 1 saturated carbocycles. The van der Waals surface area contributed by atoms with E-state index in [1.165, 1.54) is 4.90 Å². The standard InChI is InChI=1S/C12H23NO3/c1-11(2,3)16-10(14)13(5)9-7-6-8-12(9,4)15/h9,15H,6-8H2,1-5H3. The molecule has 0 radical (unpaired) electrons. The molecule has 1 aliphatic rings. The third-order valence-corrected chi connectivity index (χ3v) is 3.03. The van der Waals surface area contributed by atoms with Crippen LogP contribution in [0.25, 0.3) is 0 Å². The van der Waals surface area contributed by atoms with Gasteiger partial charge in [-0.05, 0) is 47.0 Å². The average Bonchev–Trinajstić information content (AvgIpc) is 2.40. The Hall–Kier alpha value is -0.770. The Kier molecular flexibility index (Phi) is 3.53. The number of likely N-dealkylation sites (N-methyl/N-ethyl adjacent to an activating group) is 1. The van der Waals surface area contributed by atoms with Crippen LogP contribution in [0.15, 0.2) is 0 Å². The molecule has 1 amide bonds. The third-order valence-electron chi connectivity index (χ3n) is 3.03. The molecule has 4 nitrogen and oxygen atoms in total. The van der Waals surface area contributed by atoms with Crippen molar-refractivity contribution in [3.8, 4) is 0 Å². The molecule has 0 heterocycles. The summed E-state index contributed by atoms with van der Waals surface area (Å²) in [5.74, 6) is 0. The Labute approximate surface area is 97.6 Å². The summed E-state index contributed by atoms with van der Waals surface area (Å²) in [6.07, 6.45) is 2.16. The van der Waals surface area contributed by atoms with Crippen molar-refractivity contribution >= 4 is 6.09 Å². The van der Waals surface area contributed by atoms with Gasteiger partial charge in [-0.2, -0.15) is 0 Å². The minimum atomic E-state index is -0.786. The van der Waals surface area contributed by atoms with E-state index in [0.29, 0.717) is 0 Å². The Balaban J connectivity index is 2.64. The molecule has 0 bridgehead atoms. The van der Waals surface area contributed by atoms with E-state index in [1.807, 2.05) is 20.8 Å². The summed E-state index contributed by atoms with van der Waals surface area (Å²) in [6.45, 7) is 7.30. The highest BCUT2D eigenvalue weighted by Crippen LogP contribution is 2.33. The maximum absolute atomic E-state index is 11.8. The van der Waals surface area contributed by atoms with E-state index >= 15 is 0 Å². The molecule has 0 aliphatic heterocycles. The molecule has 16 heavy (non-hydrogen) atoms. The second kappa shape index (κ2) is 4.24. The zero-order chi connectivity index (χ0) is 12.6. The Morgan fingerprint density at radius 1 is 1.50 bits per heavy atom. The topological polar surface area (TPSA) is 49.8 Å². The lowest BCUT2D eigenvalue weighted by molar-refractivity contribution is -0.0246. The first-order valence-corrected chi connectivity index (χ1v) is 5.82. The van der Waals surface area contributed by atoms with E-state index in [4.69, 9.17) is 4.74 Å². The van der Waals surface area contributed by atoms with Crippen LogP contribution in [0.1, 0.15) is 47.0 Å². The molecule has 0 saturated heterocycles. The van der Waals surface area contributed by atoms with Gasteiger partial charge in [0.05, 0.1) is 11.6 Å². The summed E-state index contributed by atoms with van der Waals surface area (Å²) in [5.41, 5.74) is -1.28. The van der Waals surface area contributed by atoms with Crippen molar-refractivity contribution in [3.63, 3.8) is 0 Å². The summed E-state index contributed by atoms with van der Waals surface area (Å²) in [6, 6.07) is -0.137. The molecular weight excluding hydrogens is 206 g/mol. The van der Waals surface area contributed by atoms with E-state index in [-0.39, 0.29) is 12.1 Å². The van der Waals surface area contributed by atoms with Crippen LogP contribution in [-0.4, -0.2) is 40.4 Å². The monoisotopic (exact) mass is 229 g/mol. The number of aliphatic hydroxyl groups is 1. The first-order valence-electron chi connectivity index (χ1n) is 5.82. The smallest absolute Gasteiger partial charge is 0.410 e. The first-order chi connectivity index (χ1) is 7.13. The Bertz CT molecular complexity index is 268. The van der Waals surface area contributed by atoms with Gasteiger partial charge in [-0.3, -0.25) is 0 Å². The van der Waals surface area contributed by atoms with Gasteiger partial charge in [0.25, 0.3) is 0 Å². The van der Waals surface area contributed by atoms with Crippen molar-refractivity contribution in [3.05, 3.63) is 0 Å². The molecule has 2 atom stereocenters. The van der Waals surface area contributed by atoms with Crippen LogP contribution < -0.4 is 0 Å². The summed E-state index contributed by atoms with van der Waals surface area (Å²) in [4.78, 5) is 13.4. The van der Waals surface area contributed by atoms with E-state index in [2.05, 4.69) is 0 Å². The van der Waals surface area contributed by atoms with Crippen LogP contribution in [0.3, 0.4) is 0 Å². The van der Waals surface area contributed by atoms with Gasteiger partial charge in [0.1, 0.15) is 5.60 Å². The summed E-state index contributed by atoms with van der Waals surface area (Å²) in [5, 5.41) is 10.1. The number of nitrogens with zero attached hydrogens (tertiary/aromatic N) is 1. The van der Waals surface area contributed by atoms with Crippen molar-refractivity contribution < 1.29 is 14.6 Å². The molecule has 1 aliphatic carbocycles. The van der Waals surface area contributed by atoms with E-state index in [1.54, 1.807) is 14.0 Å². The number of carbonyl (C=O) groups is 1. The molecular formula is C12H23NO3. The molecule has 1 fully saturated rings. The molecule has 4 heteroatoms. The highest BCUT2D eigenvalue weighted by Gasteiger charge is 2.41. The molecule has 2 unspecified atom stereocenters. The van der Waals surface area contributed by atoms with E-state index in [9.17, 15) is 9.90 Å². The van der Waals surface area contributed by atoms with Gasteiger partial charge in [0.15, 0.2) is 0 Å². The van der Waals surface area contributed by atoms with Gasteiger partial charge in [-0.15, -0.1) is 0 Å². The molecule has 94 valence electrons. The lowest BCUT2D eigenvalue weighted by atomic mass is 10.00. The van der Waals surface area contributed by atoms with Crippen molar-refractivity contribution in [1.82, 2.24) is 4.90 Å². The number of ether oxygens (including phenoxy) is 1. The maximum atomic E-state index is 11.8.